The number of hydrogen-bond acceptors (Lipinski definition) is 4. The van der Waals surface area contributed by atoms with Gasteiger partial charge in [-0.25, -0.2) is 0 Å². The van der Waals surface area contributed by atoms with Gasteiger partial charge in [0.15, 0.2) is 0 Å². The molecule has 0 aliphatic carbocycles. The molecule has 0 saturated carbocycles. The van der Waals surface area contributed by atoms with Crippen molar-refractivity contribution < 1.29 is 14.3 Å². The summed E-state index contributed by atoms with van der Waals surface area (Å²) < 4.78 is 10.8. The number of rotatable bonds is 3. The SMILES string of the molecule is O=C(OCC1CCCO1)C1CC2CCC1N2. The minimum atomic E-state index is -0.0183. The van der Waals surface area contributed by atoms with E-state index in [0.717, 1.165) is 32.3 Å². The van der Waals surface area contributed by atoms with Gasteiger partial charge in [0.05, 0.1) is 12.0 Å². The molecule has 0 amide bonds. The van der Waals surface area contributed by atoms with Crippen LogP contribution >= 0.6 is 0 Å². The lowest BCUT2D eigenvalue weighted by atomic mass is 9.89. The van der Waals surface area contributed by atoms with Gasteiger partial charge in [-0.15, -0.1) is 0 Å². The van der Waals surface area contributed by atoms with Crippen LogP contribution in [0.25, 0.3) is 0 Å². The van der Waals surface area contributed by atoms with E-state index >= 15 is 0 Å². The maximum Gasteiger partial charge on any atom is 0.310 e. The van der Waals surface area contributed by atoms with Crippen LogP contribution in [0.4, 0.5) is 0 Å². The third-order valence-electron chi connectivity index (χ3n) is 4.04. The minimum absolute atomic E-state index is 0.0183. The van der Waals surface area contributed by atoms with E-state index in [4.69, 9.17) is 9.47 Å². The molecular formula is C12H19NO3. The van der Waals surface area contributed by atoms with E-state index in [2.05, 4.69) is 5.32 Å². The van der Waals surface area contributed by atoms with Gasteiger partial charge in [-0.3, -0.25) is 4.79 Å². The first-order valence-electron chi connectivity index (χ1n) is 6.37. The predicted octanol–water partition coefficient (Wildman–Crippen LogP) is 0.849. The van der Waals surface area contributed by atoms with Gasteiger partial charge >= 0.3 is 5.97 Å². The quantitative estimate of drug-likeness (QED) is 0.723. The molecule has 3 rings (SSSR count). The molecule has 4 unspecified atom stereocenters. The van der Waals surface area contributed by atoms with Gasteiger partial charge in [-0.05, 0) is 32.1 Å². The van der Waals surface area contributed by atoms with Crippen molar-refractivity contribution >= 4 is 5.97 Å². The van der Waals surface area contributed by atoms with Crippen molar-refractivity contribution in [3.8, 4) is 0 Å². The van der Waals surface area contributed by atoms with Crippen LogP contribution in [0.15, 0.2) is 0 Å². The van der Waals surface area contributed by atoms with Crippen LogP contribution in [0, 0.1) is 5.92 Å². The van der Waals surface area contributed by atoms with Crippen LogP contribution < -0.4 is 5.32 Å². The zero-order chi connectivity index (χ0) is 11.0. The van der Waals surface area contributed by atoms with Crippen molar-refractivity contribution in [2.75, 3.05) is 13.2 Å². The summed E-state index contributed by atoms with van der Waals surface area (Å²) >= 11 is 0. The Hall–Kier alpha value is -0.610. The molecule has 0 aromatic rings. The molecule has 0 aromatic carbocycles. The van der Waals surface area contributed by atoms with Crippen molar-refractivity contribution in [3.63, 3.8) is 0 Å². The zero-order valence-electron chi connectivity index (χ0n) is 9.48. The third kappa shape index (κ3) is 1.96. The fourth-order valence-corrected chi connectivity index (χ4v) is 3.14. The second kappa shape index (κ2) is 4.34. The summed E-state index contributed by atoms with van der Waals surface area (Å²) in [5.74, 6) is 0.0790. The van der Waals surface area contributed by atoms with E-state index in [9.17, 15) is 4.79 Å². The molecule has 3 fully saturated rings. The van der Waals surface area contributed by atoms with Gasteiger partial charge in [0.25, 0.3) is 0 Å². The summed E-state index contributed by atoms with van der Waals surface area (Å²) in [6.07, 6.45) is 5.59. The molecule has 0 spiro atoms. The molecule has 3 aliphatic rings. The molecule has 90 valence electrons. The molecular weight excluding hydrogens is 206 g/mol. The molecule has 2 bridgehead atoms. The summed E-state index contributed by atoms with van der Waals surface area (Å²) in [4.78, 5) is 11.9. The second-order valence-corrected chi connectivity index (χ2v) is 5.15. The molecule has 0 aromatic heterocycles. The number of carbonyl (C=O) groups is 1. The van der Waals surface area contributed by atoms with Gasteiger partial charge in [0.2, 0.25) is 0 Å². The molecule has 4 atom stereocenters. The Labute approximate surface area is 95.7 Å². The monoisotopic (exact) mass is 225 g/mol. The van der Waals surface area contributed by atoms with Crippen LogP contribution in [-0.4, -0.2) is 37.4 Å². The average Bonchev–Trinajstić information content (AvgIpc) is 3.01. The van der Waals surface area contributed by atoms with Crippen LogP contribution in [0.3, 0.4) is 0 Å². The Kier molecular flexibility index (Phi) is 2.86. The molecule has 4 heteroatoms. The summed E-state index contributed by atoms with van der Waals surface area (Å²) in [6.45, 7) is 1.27. The Morgan fingerprint density at radius 1 is 1.38 bits per heavy atom. The van der Waals surface area contributed by atoms with E-state index in [1.54, 1.807) is 0 Å². The second-order valence-electron chi connectivity index (χ2n) is 5.15. The van der Waals surface area contributed by atoms with E-state index in [-0.39, 0.29) is 18.0 Å². The van der Waals surface area contributed by atoms with E-state index in [1.165, 1.54) is 6.42 Å². The Balaban J connectivity index is 1.46. The van der Waals surface area contributed by atoms with Gasteiger partial charge in [-0.2, -0.15) is 0 Å². The van der Waals surface area contributed by atoms with E-state index in [0.29, 0.717) is 18.7 Å². The maximum absolute atomic E-state index is 11.9. The minimum Gasteiger partial charge on any atom is -0.463 e. The highest BCUT2D eigenvalue weighted by molar-refractivity contribution is 5.74. The standard InChI is InChI=1S/C12H19NO3/c14-12(16-7-9-2-1-5-15-9)10-6-8-3-4-11(10)13-8/h8-11,13H,1-7H2. The van der Waals surface area contributed by atoms with E-state index in [1.807, 2.05) is 0 Å². The maximum atomic E-state index is 11.9. The van der Waals surface area contributed by atoms with Crippen molar-refractivity contribution in [1.82, 2.24) is 5.32 Å². The average molecular weight is 225 g/mol. The van der Waals surface area contributed by atoms with Crippen LogP contribution in [-0.2, 0) is 14.3 Å². The topological polar surface area (TPSA) is 47.6 Å². The smallest absolute Gasteiger partial charge is 0.310 e. The highest BCUT2D eigenvalue weighted by atomic mass is 16.6. The summed E-state index contributed by atoms with van der Waals surface area (Å²) in [7, 11) is 0. The zero-order valence-corrected chi connectivity index (χ0v) is 9.48. The molecule has 3 saturated heterocycles. The lowest BCUT2D eigenvalue weighted by molar-refractivity contribution is -0.152. The predicted molar refractivity (Wildman–Crippen MR) is 58.0 cm³/mol. The van der Waals surface area contributed by atoms with Crippen molar-refractivity contribution in [2.24, 2.45) is 5.92 Å². The number of hydrogen-bond donors (Lipinski definition) is 1. The van der Waals surface area contributed by atoms with Gasteiger partial charge < -0.3 is 14.8 Å². The highest BCUT2D eigenvalue weighted by Gasteiger charge is 2.43. The summed E-state index contributed by atoms with van der Waals surface area (Å²) in [5, 5.41) is 3.45. The molecule has 0 radical (unpaired) electrons. The van der Waals surface area contributed by atoms with Crippen LogP contribution in [0.2, 0.25) is 0 Å². The first-order valence-corrected chi connectivity index (χ1v) is 6.37. The molecule has 4 nitrogen and oxygen atoms in total. The number of esters is 1. The summed E-state index contributed by atoms with van der Waals surface area (Å²) in [5.41, 5.74) is 0. The highest BCUT2D eigenvalue weighted by Crippen LogP contribution is 2.34. The summed E-state index contributed by atoms with van der Waals surface area (Å²) in [6, 6.07) is 0.937. The lowest BCUT2D eigenvalue weighted by Crippen LogP contribution is -2.31. The molecule has 3 aliphatic heterocycles. The van der Waals surface area contributed by atoms with E-state index < -0.39 is 0 Å². The third-order valence-corrected chi connectivity index (χ3v) is 4.04. The normalized spacial score (nSPS) is 41.5. The number of carbonyl (C=O) groups excluding carboxylic acids is 1. The van der Waals surface area contributed by atoms with Crippen LogP contribution in [0.1, 0.15) is 32.1 Å². The van der Waals surface area contributed by atoms with Crippen LogP contribution in [0.5, 0.6) is 0 Å². The molecule has 1 N–H and O–H groups in total. The lowest BCUT2D eigenvalue weighted by Gasteiger charge is -2.19. The van der Waals surface area contributed by atoms with Gasteiger partial charge in [-0.1, -0.05) is 0 Å². The molecule has 16 heavy (non-hydrogen) atoms. The number of ether oxygens (including phenoxy) is 2. The Morgan fingerprint density at radius 3 is 2.94 bits per heavy atom. The fraction of sp³-hybridized carbons (Fsp3) is 0.917. The number of fused-ring (bicyclic) bond motifs is 2. The Morgan fingerprint density at radius 2 is 2.31 bits per heavy atom. The van der Waals surface area contributed by atoms with Crippen molar-refractivity contribution in [2.45, 2.75) is 50.3 Å². The Bertz CT molecular complexity index is 275. The van der Waals surface area contributed by atoms with Gasteiger partial charge in [0, 0.05) is 18.7 Å². The number of nitrogens with one attached hydrogen (secondary N) is 1. The first kappa shape index (κ1) is 10.5. The molecule has 3 heterocycles. The fourth-order valence-electron chi connectivity index (χ4n) is 3.14. The van der Waals surface area contributed by atoms with Crippen molar-refractivity contribution in [1.29, 1.82) is 0 Å². The van der Waals surface area contributed by atoms with Crippen molar-refractivity contribution in [3.05, 3.63) is 0 Å². The largest absolute Gasteiger partial charge is 0.463 e. The first-order chi connectivity index (χ1) is 7.83. The van der Waals surface area contributed by atoms with Gasteiger partial charge in [0.1, 0.15) is 6.61 Å².